The molecular formula is C11H15N5O3. The van der Waals surface area contributed by atoms with Gasteiger partial charge in [0.1, 0.15) is 17.6 Å². The van der Waals surface area contributed by atoms with Crippen molar-refractivity contribution in [2.75, 3.05) is 24.5 Å². The van der Waals surface area contributed by atoms with Crippen LogP contribution in [0.4, 0.5) is 11.5 Å². The molecule has 0 aromatic carbocycles. The highest BCUT2D eigenvalue weighted by molar-refractivity contribution is 5.84. The van der Waals surface area contributed by atoms with Gasteiger partial charge >= 0.3 is 0 Å². The summed E-state index contributed by atoms with van der Waals surface area (Å²) in [7, 11) is 0. The first-order chi connectivity index (χ1) is 9.00. The Balaban J connectivity index is 2.32. The van der Waals surface area contributed by atoms with Crippen molar-refractivity contribution in [1.29, 1.82) is 0 Å². The quantitative estimate of drug-likeness (QED) is 0.565. The lowest BCUT2D eigenvalue weighted by Gasteiger charge is -2.35. The number of nitrogens with one attached hydrogen (secondary N) is 1. The molecule has 8 nitrogen and oxygen atoms in total. The van der Waals surface area contributed by atoms with E-state index in [1.54, 1.807) is 17.9 Å². The second-order valence-electron chi connectivity index (χ2n) is 4.35. The molecule has 2 rings (SSSR count). The van der Waals surface area contributed by atoms with Gasteiger partial charge < -0.3 is 16.0 Å². The summed E-state index contributed by atoms with van der Waals surface area (Å²) < 4.78 is 0. The third-order valence-corrected chi connectivity index (χ3v) is 3.11. The highest BCUT2D eigenvalue weighted by atomic mass is 16.6. The van der Waals surface area contributed by atoms with Crippen molar-refractivity contribution in [2.24, 2.45) is 5.73 Å². The van der Waals surface area contributed by atoms with E-state index in [-0.39, 0.29) is 5.69 Å². The largest absolute Gasteiger partial charge is 0.368 e. The fourth-order valence-electron chi connectivity index (χ4n) is 2.13. The van der Waals surface area contributed by atoms with E-state index in [1.807, 2.05) is 0 Å². The van der Waals surface area contributed by atoms with Crippen molar-refractivity contribution < 1.29 is 9.72 Å². The van der Waals surface area contributed by atoms with E-state index in [2.05, 4.69) is 10.3 Å². The van der Waals surface area contributed by atoms with Gasteiger partial charge in [0.15, 0.2) is 0 Å². The zero-order valence-corrected chi connectivity index (χ0v) is 10.5. The molecule has 1 atom stereocenters. The molecule has 1 saturated heterocycles. The van der Waals surface area contributed by atoms with Gasteiger partial charge in [0, 0.05) is 25.7 Å². The average Bonchev–Trinajstić information content (AvgIpc) is 2.38. The third-order valence-electron chi connectivity index (χ3n) is 3.11. The molecule has 102 valence electrons. The summed E-state index contributed by atoms with van der Waals surface area (Å²) >= 11 is 0. The Morgan fingerprint density at radius 1 is 1.63 bits per heavy atom. The smallest absolute Gasteiger partial charge is 0.290 e. The molecular weight excluding hydrogens is 250 g/mol. The van der Waals surface area contributed by atoms with Crippen molar-refractivity contribution >= 4 is 17.4 Å². The number of rotatable bonds is 3. The predicted molar refractivity (Wildman–Crippen MR) is 68.8 cm³/mol. The van der Waals surface area contributed by atoms with E-state index >= 15 is 0 Å². The minimum atomic E-state index is -0.484. The Morgan fingerprint density at radius 3 is 2.95 bits per heavy atom. The third kappa shape index (κ3) is 2.63. The number of anilines is 1. The zero-order chi connectivity index (χ0) is 14.0. The van der Waals surface area contributed by atoms with Crippen LogP contribution in [-0.2, 0) is 4.79 Å². The van der Waals surface area contributed by atoms with Crippen LogP contribution in [0, 0.1) is 17.0 Å². The molecule has 0 aliphatic carbocycles. The van der Waals surface area contributed by atoms with Crippen LogP contribution in [0.2, 0.25) is 0 Å². The lowest BCUT2D eigenvalue weighted by atomic mass is 10.1. The van der Waals surface area contributed by atoms with Crippen LogP contribution in [0.5, 0.6) is 0 Å². The summed E-state index contributed by atoms with van der Waals surface area (Å²) in [4.78, 5) is 27.6. The van der Waals surface area contributed by atoms with E-state index < -0.39 is 16.9 Å². The lowest BCUT2D eigenvalue weighted by Crippen LogP contribution is -2.57. The molecule has 1 amide bonds. The number of carbonyl (C=O) groups is 1. The monoisotopic (exact) mass is 265 g/mol. The number of carbonyl (C=O) groups excluding carboxylic acids is 1. The second kappa shape index (κ2) is 5.19. The van der Waals surface area contributed by atoms with E-state index in [1.165, 1.54) is 6.07 Å². The number of nitrogens with two attached hydrogens (primary N) is 1. The van der Waals surface area contributed by atoms with E-state index in [0.29, 0.717) is 31.1 Å². The molecule has 1 unspecified atom stereocenters. The van der Waals surface area contributed by atoms with Gasteiger partial charge in [-0.05, 0) is 13.0 Å². The number of hydrogen-bond donors (Lipinski definition) is 2. The Hall–Kier alpha value is -2.22. The molecule has 8 heteroatoms. The maximum Gasteiger partial charge on any atom is 0.290 e. The average molecular weight is 265 g/mol. The van der Waals surface area contributed by atoms with Gasteiger partial charge in [0.25, 0.3) is 5.69 Å². The Labute approximate surface area is 109 Å². The lowest BCUT2D eigenvalue weighted by molar-refractivity contribution is -0.385. The van der Waals surface area contributed by atoms with Gasteiger partial charge in [0.05, 0.1) is 4.92 Å². The molecule has 0 saturated carbocycles. The highest BCUT2D eigenvalue weighted by Crippen LogP contribution is 2.22. The number of aromatic nitrogens is 1. The SMILES string of the molecule is Cc1nc(N2CCNCC2C(N)=O)ccc1[N+](=O)[O-]. The molecule has 1 aromatic rings. The first-order valence-corrected chi connectivity index (χ1v) is 5.89. The molecule has 3 N–H and O–H groups in total. The van der Waals surface area contributed by atoms with E-state index in [9.17, 15) is 14.9 Å². The van der Waals surface area contributed by atoms with Crippen molar-refractivity contribution in [3.63, 3.8) is 0 Å². The normalized spacial score (nSPS) is 19.2. The van der Waals surface area contributed by atoms with Crippen molar-refractivity contribution in [2.45, 2.75) is 13.0 Å². The van der Waals surface area contributed by atoms with Gasteiger partial charge in [-0.3, -0.25) is 14.9 Å². The van der Waals surface area contributed by atoms with E-state index in [0.717, 1.165) is 0 Å². The molecule has 0 radical (unpaired) electrons. The number of amides is 1. The van der Waals surface area contributed by atoms with Crippen LogP contribution in [0.25, 0.3) is 0 Å². The fourth-order valence-corrected chi connectivity index (χ4v) is 2.13. The zero-order valence-electron chi connectivity index (χ0n) is 10.5. The molecule has 1 aliphatic rings. The molecule has 1 fully saturated rings. The molecule has 1 aromatic heterocycles. The van der Waals surface area contributed by atoms with Crippen LogP contribution < -0.4 is 16.0 Å². The second-order valence-corrected chi connectivity index (χ2v) is 4.35. The number of pyridine rings is 1. The summed E-state index contributed by atoms with van der Waals surface area (Å²) in [6, 6.07) is 2.46. The standard InChI is InChI=1S/C11H15N5O3/c1-7-8(16(18)19)2-3-10(14-7)15-5-4-13-6-9(15)11(12)17/h2-3,9,13H,4-6H2,1H3,(H2,12,17). The van der Waals surface area contributed by atoms with Crippen LogP contribution >= 0.6 is 0 Å². The number of nitrogens with zero attached hydrogens (tertiary/aromatic N) is 3. The van der Waals surface area contributed by atoms with Crippen molar-refractivity contribution in [3.8, 4) is 0 Å². The van der Waals surface area contributed by atoms with Gasteiger partial charge in [-0.25, -0.2) is 4.98 Å². The Bertz CT molecular complexity index is 519. The van der Waals surface area contributed by atoms with Crippen LogP contribution in [-0.4, -0.2) is 41.5 Å². The topological polar surface area (TPSA) is 114 Å². The minimum absolute atomic E-state index is 0.0329. The van der Waals surface area contributed by atoms with Gasteiger partial charge in [0.2, 0.25) is 5.91 Å². The Morgan fingerprint density at radius 2 is 2.37 bits per heavy atom. The maximum atomic E-state index is 11.4. The van der Waals surface area contributed by atoms with Crippen LogP contribution in [0.3, 0.4) is 0 Å². The number of hydrogen-bond acceptors (Lipinski definition) is 6. The van der Waals surface area contributed by atoms with Gasteiger partial charge in [-0.1, -0.05) is 0 Å². The molecule has 19 heavy (non-hydrogen) atoms. The van der Waals surface area contributed by atoms with Crippen LogP contribution in [0.15, 0.2) is 12.1 Å². The summed E-state index contributed by atoms with van der Waals surface area (Å²) in [5.41, 5.74) is 5.65. The molecule has 2 heterocycles. The van der Waals surface area contributed by atoms with Crippen molar-refractivity contribution in [3.05, 3.63) is 27.9 Å². The Kier molecular flexibility index (Phi) is 3.61. The molecule has 1 aliphatic heterocycles. The fraction of sp³-hybridized carbons (Fsp3) is 0.455. The molecule has 0 spiro atoms. The summed E-state index contributed by atoms with van der Waals surface area (Å²) in [6.45, 7) is 3.31. The minimum Gasteiger partial charge on any atom is -0.368 e. The van der Waals surface area contributed by atoms with Gasteiger partial charge in [-0.2, -0.15) is 0 Å². The molecule has 0 bridgehead atoms. The van der Waals surface area contributed by atoms with Crippen molar-refractivity contribution in [1.82, 2.24) is 10.3 Å². The summed E-state index contributed by atoms with van der Waals surface area (Å²) in [5.74, 6) is 0.0957. The first kappa shape index (κ1) is 13.2. The number of piperazine rings is 1. The van der Waals surface area contributed by atoms with Crippen LogP contribution in [0.1, 0.15) is 5.69 Å². The first-order valence-electron chi connectivity index (χ1n) is 5.89. The predicted octanol–water partition coefficient (Wildman–Crippen LogP) is -0.438. The maximum absolute atomic E-state index is 11.4. The van der Waals surface area contributed by atoms with Gasteiger partial charge in [-0.15, -0.1) is 0 Å². The highest BCUT2D eigenvalue weighted by Gasteiger charge is 2.28. The summed E-state index contributed by atoms with van der Waals surface area (Å²) in [5, 5.41) is 13.8. The number of nitro groups is 1. The number of aryl methyl sites for hydroxylation is 1. The van der Waals surface area contributed by atoms with E-state index in [4.69, 9.17) is 5.73 Å². The number of primary amides is 1. The summed E-state index contributed by atoms with van der Waals surface area (Å²) in [6.07, 6.45) is 0.